The average Bonchev–Trinajstić information content (AvgIpc) is 3.67. The van der Waals surface area contributed by atoms with Crippen LogP contribution in [0.3, 0.4) is 0 Å². The second-order valence-corrected chi connectivity index (χ2v) is 16.4. The van der Waals surface area contributed by atoms with E-state index in [0.717, 1.165) is 0 Å². The van der Waals surface area contributed by atoms with E-state index in [2.05, 4.69) is 229 Å². The number of para-hydroxylation sites is 2. The lowest BCUT2D eigenvalue weighted by molar-refractivity contribution is 1.18. The predicted molar refractivity (Wildman–Crippen MR) is 259 cm³/mol. The fourth-order valence-corrected chi connectivity index (χ4v) is 10.4. The molecule has 13 rings (SSSR count). The number of hydrogen-bond donors (Lipinski definition) is 0. The largest absolute Gasteiger partial charge is 0.309 e. The van der Waals surface area contributed by atoms with Gasteiger partial charge in [0.15, 0.2) is 0 Å². The van der Waals surface area contributed by atoms with Crippen LogP contribution in [0.25, 0.3) is 127 Å². The molecule has 0 aliphatic heterocycles. The van der Waals surface area contributed by atoms with Crippen LogP contribution in [0.2, 0.25) is 0 Å². The lowest BCUT2D eigenvalue weighted by Crippen LogP contribution is -1.98. The van der Waals surface area contributed by atoms with Crippen molar-refractivity contribution < 1.29 is 0 Å². The Hall–Kier alpha value is -8.00. The quantitative estimate of drug-likeness (QED) is 0.158. The van der Waals surface area contributed by atoms with Gasteiger partial charge < -0.3 is 4.57 Å². The van der Waals surface area contributed by atoms with Crippen LogP contribution in [0.5, 0.6) is 0 Å². The van der Waals surface area contributed by atoms with E-state index in [1.807, 2.05) is 0 Å². The van der Waals surface area contributed by atoms with Gasteiger partial charge in [-0.25, -0.2) is 0 Å². The summed E-state index contributed by atoms with van der Waals surface area (Å²) in [6.45, 7) is 0. The Morgan fingerprint density at radius 3 is 1.15 bits per heavy atom. The molecule has 0 radical (unpaired) electrons. The molecule has 282 valence electrons. The minimum Gasteiger partial charge on any atom is -0.309 e. The molecule has 12 aromatic rings. The summed E-state index contributed by atoms with van der Waals surface area (Å²) in [5, 5.41) is 10.3. The van der Waals surface area contributed by atoms with Crippen LogP contribution in [-0.2, 0) is 0 Å². The zero-order valence-corrected chi connectivity index (χ0v) is 33.3. The molecule has 1 aliphatic carbocycles. The number of fused-ring (bicyclic) bond motifs is 17. The van der Waals surface area contributed by atoms with Gasteiger partial charge in [0, 0.05) is 16.5 Å². The van der Waals surface area contributed by atoms with Crippen molar-refractivity contribution >= 4 is 54.1 Å². The van der Waals surface area contributed by atoms with E-state index in [4.69, 9.17) is 0 Å². The highest BCUT2D eigenvalue weighted by Gasteiger charge is 2.23. The lowest BCUT2D eigenvalue weighted by atomic mass is 9.79. The van der Waals surface area contributed by atoms with Crippen molar-refractivity contribution in [1.82, 2.24) is 4.57 Å². The summed E-state index contributed by atoms with van der Waals surface area (Å²) < 4.78 is 2.39. The zero-order valence-electron chi connectivity index (χ0n) is 33.3. The van der Waals surface area contributed by atoms with Gasteiger partial charge in [-0.1, -0.05) is 176 Å². The van der Waals surface area contributed by atoms with Gasteiger partial charge in [-0.05, 0) is 148 Å². The topological polar surface area (TPSA) is 4.93 Å². The average molecular weight is 772 g/mol. The molecule has 1 nitrogen and oxygen atoms in total. The molecular formula is C60H37N. The maximum atomic E-state index is 2.44. The van der Waals surface area contributed by atoms with Crippen LogP contribution in [0.1, 0.15) is 0 Å². The number of hydrogen-bond acceptors (Lipinski definition) is 0. The Kier molecular flexibility index (Phi) is 7.37. The molecular weight excluding hydrogens is 735 g/mol. The standard InChI is InChI=1S/C60H37N/c1-2-14-42(15-3-1)61-59-25-13-12-24-54(59)58-37-41(29-33-60(58)61)40-28-32-53-56(35-40)50-23-11-9-19-46(50)44-17-5-7-21-48(44)52-31-27-39(36-57(52)53)38-26-30-51-47-20-6-4-16-43(47)45-18-8-10-22-49(45)55(51)34-38/h1-37H. The molecule has 0 fully saturated rings. The third-order valence-corrected chi connectivity index (χ3v) is 13.2. The molecule has 0 spiro atoms. The molecule has 0 saturated carbocycles. The number of benzene rings is 11. The Labute approximate surface area is 354 Å². The second-order valence-electron chi connectivity index (χ2n) is 16.4. The monoisotopic (exact) mass is 771 g/mol. The van der Waals surface area contributed by atoms with E-state index < -0.39 is 0 Å². The van der Waals surface area contributed by atoms with Crippen molar-refractivity contribution in [3.05, 3.63) is 224 Å². The van der Waals surface area contributed by atoms with Gasteiger partial charge in [-0.15, -0.1) is 0 Å². The van der Waals surface area contributed by atoms with E-state index in [1.54, 1.807) is 0 Å². The van der Waals surface area contributed by atoms with E-state index in [0.29, 0.717) is 0 Å². The van der Waals surface area contributed by atoms with Crippen molar-refractivity contribution in [3.63, 3.8) is 0 Å². The Bertz CT molecular complexity index is 3720. The van der Waals surface area contributed by atoms with Crippen molar-refractivity contribution in [2.75, 3.05) is 0 Å². The molecule has 61 heavy (non-hydrogen) atoms. The summed E-state index contributed by atoms with van der Waals surface area (Å²) in [4.78, 5) is 0. The minimum atomic E-state index is 1.17. The summed E-state index contributed by atoms with van der Waals surface area (Å²) in [5.41, 5.74) is 18.4. The molecule has 11 aromatic carbocycles. The molecule has 0 amide bonds. The Morgan fingerprint density at radius 2 is 0.557 bits per heavy atom. The predicted octanol–water partition coefficient (Wildman–Crippen LogP) is 16.6. The molecule has 0 bridgehead atoms. The first kappa shape index (κ1) is 33.9. The van der Waals surface area contributed by atoms with Gasteiger partial charge in [0.1, 0.15) is 0 Å². The Balaban J connectivity index is 1.03. The number of aromatic nitrogens is 1. The summed E-state index contributed by atoms with van der Waals surface area (Å²) in [7, 11) is 0. The fourth-order valence-electron chi connectivity index (χ4n) is 10.4. The Morgan fingerprint density at radius 1 is 0.197 bits per heavy atom. The van der Waals surface area contributed by atoms with Crippen LogP contribution < -0.4 is 0 Å². The lowest BCUT2D eigenvalue weighted by Gasteiger charge is -2.24. The third-order valence-electron chi connectivity index (χ3n) is 13.2. The second kappa shape index (κ2) is 13.3. The maximum absolute atomic E-state index is 2.44. The summed E-state index contributed by atoms with van der Waals surface area (Å²) in [5.74, 6) is 0. The molecule has 0 N–H and O–H groups in total. The normalized spacial score (nSPS) is 11.9. The van der Waals surface area contributed by atoms with E-state index in [-0.39, 0.29) is 0 Å². The first-order chi connectivity index (χ1) is 30.3. The molecule has 1 heterocycles. The highest BCUT2D eigenvalue weighted by atomic mass is 15.0. The van der Waals surface area contributed by atoms with Crippen LogP contribution >= 0.6 is 0 Å². The summed E-state index contributed by atoms with van der Waals surface area (Å²) in [6.07, 6.45) is 0. The highest BCUT2D eigenvalue weighted by Crippen LogP contribution is 2.50. The van der Waals surface area contributed by atoms with Gasteiger partial charge >= 0.3 is 0 Å². The molecule has 0 unspecified atom stereocenters. The minimum absolute atomic E-state index is 1.17. The van der Waals surface area contributed by atoms with Gasteiger partial charge in [-0.3, -0.25) is 0 Å². The van der Waals surface area contributed by atoms with E-state index >= 15 is 0 Å². The van der Waals surface area contributed by atoms with Crippen LogP contribution in [0.4, 0.5) is 0 Å². The zero-order chi connectivity index (χ0) is 40.0. The number of nitrogens with zero attached hydrogens (tertiary/aromatic N) is 1. The van der Waals surface area contributed by atoms with Gasteiger partial charge in [0.05, 0.1) is 11.0 Å². The van der Waals surface area contributed by atoms with Crippen molar-refractivity contribution in [3.8, 4) is 72.4 Å². The highest BCUT2D eigenvalue weighted by molar-refractivity contribution is 6.26. The smallest absolute Gasteiger partial charge is 0.0541 e. The van der Waals surface area contributed by atoms with Crippen LogP contribution in [0, 0.1) is 0 Å². The van der Waals surface area contributed by atoms with E-state index in [1.165, 1.54) is 127 Å². The first-order valence-electron chi connectivity index (χ1n) is 21.2. The van der Waals surface area contributed by atoms with Gasteiger partial charge in [0.2, 0.25) is 0 Å². The third kappa shape index (κ3) is 5.14. The molecule has 1 aliphatic rings. The summed E-state index contributed by atoms with van der Waals surface area (Å²) >= 11 is 0. The van der Waals surface area contributed by atoms with Gasteiger partial charge in [-0.2, -0.15) is 0 Å². The first-order valence-corrected chi connectivity index (χ1v) is 21.2. The number of rotatable bonds is 3. The molecule has 0 saturated heterocycles. The molecule has 1 heteroatoms. The SMILES string of the molecule is c1ccc(-n2c3ccccc3c3cc(-c4ccc5c(c4)-c4ccccc4-c4ccccc4-c4ccc(-c6ccc7c8ccccc8c8ccccc8c7c6)cc4-5)ccc32)cc1. The van der Waals surface area contributed by atoms with Crippen molar-refractivity contribution in [2.45, 2.75) is 0 Å². The van der Waals surface area contributed by atoms with E-state index in [9.17, 15) is 0 Å². The summed E-state index contributed by atoms with van der Waals surface area (Å²) in [6, 6.07) is 83.3. The van der Waals surface area contributed by atoms with Crippen molar-refractivity contribution in [1.29, 1.82) is 0 Å². The maximum Gasteiger partial charge on any atom is 0.0541 e. The molecule has 0 atom stereocenters. The molecule has 1 aromatic heterocycles. The van der Waals surface area contributed by atoms with Crippen LogP contribution in [-0.4, -0.2) is 4.57 Å². The van der Waals surface area contributed by atoms with Gasteiger partial charge in [0.25, 0.3) is 0 Å². The van der Waals surface area contributed by atoms with Crippen molar-refractivity contribution in [2.24, 2.45) is 0 Å². The van der Waals surface area contributed by atoms with Crippen LogP contribution in [0.15, 0.2) is 224 Å². The fraction of sp³-hybridized carbons (Fsp3) is 0.